The molecule has 2 aromatic rings. The van der Waals surface area contributed by atoms with Crippen LogP contribution in [0.25, 0.3) is 0 Å². The molecule has 20 heavy (non-hydrogen) atoms. The Morgan fingerprint density at radius 1 is 1.20 bits per heavy atom. The third-order valence-electron chi connectivity index (χ3n) is 3.06. The summed E-state index contributed by atoms with van der Waals surface area (Å²) < 4.78 is 5.25. The average molecular weight is 290 g/mol. The molecule has 0 saturated heterocycles. The maximum Gasteiger partial charge on any atom is 0.217 e. The lowest BCUT2D eigenvalue weighted by Crippen LogP contribution is -2.13. The highest BCUT2D eigenvalue weighted by molar-refractivity contribution is 7.12. The SMILES string of the molecule is COc1ncccc1CNCc1ccc(C(C)(C)C)s1. The molecule has 0 aliphatic carbocycles. The van der Waals surface area contributed by atoms with E-state index >= 15 is 0 Å². The van der Waals surface area contributed by atoms with Crippen molar-refractivity contribution < 1.29 is 4.74 Å². The summed E-state index contributed by atoms with van der Waals surface area (Å²) in [5.41, 5.74) is 1.32. The number of aromatic nitrogens is 1. The first-order valence-corrected chi connectivity index (χ1v) is 7.60. The molecule has 3 nitrogen and oxygen atoms in total. The first kappa shape index (κ1) is 15.0. The number of methoxy groups -OCH3 is 1. The van der Waals surface area contributed by atoms with Gasteiger partial charge in [-0.05, 0) is 23.6 Å². The van der Waals surface area contributed by atoms with Gasteiger partial charge >= 0.3 is 0 Å². The van der Waals surface area contributed by atoms with Crippen LogP contribution < -0.4 is 10.1 Å². The van der Waals surface area contributed by atoms with Gasteiger partial charge < -0.3 is 10.1 Å². The number of hydrogen-bond donors (Lipinski definition) is 1. The predicted octanol–water partition coefficient (Wildman–Crippen LogP) is 3.74. The maximum absolute atomic E-state index is 5.25. The van der Waals surface area contributed by atoms with E-state index in [-0.39, 0.29) is 5.41 Å². The number of pyridine rings is 1. The van der Waals surface area contributed by atoms with Gasteiger partial charge in [-0.25, -0.2) is 4.98 Å². The van der Waals surface area contributed by atoms with Crippen molar-refractivity contribution in [2.75, 3.05) is 7.11 Å². The van der Waals surface area contributed by atoms with Crippen molar-refractivity contribution >= 4 is 11.3 Å². The second-order valence-electron chi connectivity index (χ2n) is 5.79. The Balaban J connectivity index is 1.91. The molecule has 2 aromatic heterocycles. The van der Waals surface area contributed by atoms with Crippen LogP contribution in [0.5, 0.6) is 5.88 Å². The van der Waals surface area contributed by atoms with Crippen LogP contribution in [0.3, 0.4) is 0 Å². The van der Waals surface area contributed by atoms with Gasteiger partial charge in [0.1, 0.15) is 0 Å². The van der Waals surface area contributed by atoms with Crippen molar-refractivity contribution in [2.24, 2.45) is 0 Å². The van der Waals surface area contributed by atoms with Crippen molar-refractivity contribution in [1.82, 2.24) is 10.3 Å². The van der Waals surface area contributed by atoms with E-state index in [1.807, 2.05) is 23.5 Å². The molecule has 0 spiro atoms. The lowest BCUT2D eigenvalue weighted by atomic mass is 9.95. The zero-order valence-electron chi connectivity index (χ0n) is 12.6. The monoisotopic (exact) mass is 290 g/mol. The molecule has 0 bridgehead atoms. The van der Waals surface area contributed by atoms with E-state index in [2.05, 4.69) is 43.2 Å². The van der Waals surface area contributed by atoms with Gasteiger partial charge in [-0.2, -0.15) is 0 Å². The van der Waals surface area contributed by atoms with Gasteiger partial charge in [0, 0.05) is 34.6 Å². The van der Waals surface area contributed by atoms with E-state index in [9.17, 15) is 0 Å². The Bertz CT molecular complexity index is 558. The summed E-state index contributed by atoms with van der Waals surface area (Å²) in [5.74, 6) is 0.696. The molecule has 0 atom stereocenters. The highest BCUT2D eigenvalue weighted by Crippen LogP contribution is 2.29. The van der Waals surface area contributed by atoms with Gasteiger partial charge in [0.2, 0.25) is 5.88 Å². The van der Waals surface area contributed by atoms with Gasteiger partial charge in [-0.3, -0.25) is 0 Å². The van der Waals surface area contributed by atoms with Crippen LogP contribution in [-0.4, -0.2) is 12.1 Å². The fraction of sp³-hybridized carbons (Fsp3) is 0.438. The van der Waals surface area contributed by atoms with E-state index in [0.29, 0.717) is 5.88 Å². The Morgan fingerprint density at radius 3 is 2.65 bits per heavy atom. The van der Waals surface area contributed by atoms with Crippen molar-refractivity contribution in [3.8, 4) is 5.88 Å². The molecule has 1 N–H and O–H groups in total. The van der Waals surface area contributed by atoms with Gasteiger partial charge in [0.25, 0.3) is 0 Å². The van der Waals surface area contributed by atoms with Crippen LogP contribution in [0.4, 0.5) is 0 Å². The van der Waals surface area contributed by atoms with E-state index in [0.717, 1.165) is 18.7 Å². The molecule has 0 amide bonds. The van der Waals surface area contributed by atoms with Gasteiger partial charge in [-0.15, -0.1) is 11.3 Å². The third kappa shape index (κ3) is 3.81. The van der Waals surface area contributed by atoms with Crippen LogP contribution >= 0.6 is 11.3 Å². The fourth-order valence-corrected chi connectivity index (χ4v) is 2.97. The molecule has 0 fully saturated rings. The zero-order chi connectivity index (χ0) is 14.6. The van der Waals surface area contributed by atoms with Crippen LogP contribution in [0.1, 0.15) is 36.1 Å². The molecule has 0 aromatic carbocycles. The average Bonchev–Trinajstić information content (AvgIpc) is 2.88. The summed E-state index contributed by atoms with van der Waals surface area (Å²) in [6, 6.07) is 8.40. The fourth-order valence-electron chi connectivity index (χ4n) is 1.94. The van der Waals surface area contributed by atoms with Crippen molar-refractivity contribution in [3.63, 3.8) is 0 Å². The topological polar surface area (TPSA) is 34.1 Å². The van der Waals surface area contributed by atoms with E-state index < -0.39 is 0 Å². The number of nitrogens with one attached hydrogen (secondary N) is 1. The van der Waals surface area contributed by atoms with Crippen molar-refractivity contribution in [1.29, 1.82) is 0 Å². The molecule has 0 radical (unpaired) electrons. The summed E-state index contributed by atoms with van der Waals surface area (Å²) in [6.07, 6.45) is 1.75. The molecule has 108 valence electrons. The van der Waals surface area contributed by atoms with E-state index in [1.165, 1.54) is 9.75 Å². The first-order valence-electron chi connectivity index (χ1n) is 6.78. The van der Waals surface area contributed by atoms with Crippen LogP contribution in [0.15, 0.2) is 30.5 Å². The first-order chi connectivity index (χ1) is 9.50. The second kappa shape index (κ2) is 6.37. The van der Waals surface area contributed by atoms with E-state index in [4.69, 9.17) is 4.74 Å². The lowest BCUT2D eigenvalue weighted by Gasteiger charge is -2.15. The van der Waals surface area contributed by atoms with Crippen molar-refractivity contribution in [3.05, 3.63) is 45.8 Å². The molecule has 0 unspecified atom stereocenters. The minimum Gasteiger partial charge on any atom is -0.481 e. The number of ether oxygens (including phenoxy) is 1. The lowest BCUT2D eigenvalue weighted by molar-refractivity contribution is 0.390. The normalized spacial score (nSPS) is 11.6. The highest BCUT2D eigenvalue weighted by Gasteiger charge is 2.15. The molecule has 2 heterocycles. The molecule has 0 aliphatic rings. The van der Waals surface area contributed by atoms with Gasteiger partial charge in [0.05, 0.1) is 7.11 Å². The minimum atomic E-state index is 0.232. The third-order valence-corrected chi connectivity index (χ3v) is 4.57. The molecule has 0 saturated carbocycles. The standard InChI is InChI=1S/C16H22N2OS/c1-16(2,3)14-8-7-13(20-14)11-17-10-12-6-5-9-18-15(12)19-4/h5-9,17H,10-11H2,1-4H3. The summed E-state index contributed by atoms with van der Waals surface area (Å²) in [6.45, 7) is 8.38. The summed E-state index contributed by atoms with van der Waals surface area (Å²) in [4.78, 5) is 6.98. The summed E-state index contributed by atoms with van der Waals surface area (Å²) in [7, 11) is 1.65. The summed E-state index contributed by atoms with van der Waals surface area (Å²) in [5, 5.41) is 3.45. The Morgan fingerprint density at radius 2 is 2.00 bits per heavy atom. The van der Waals surface area contributed by atoms with Crippen LogP contribution in [-0.2, 0) is 18.5 Å². The van der Waals surface area contributed by atoms with Gasteiger partial charge in [-0.1, -0.05) is 26.8 Å². The summed E-state index contributed by atoms with van der Waals surface area (Å²) >= 11 is 1.88. The number of rotatable bonds is 5. The molecule has 0 aliphatic heterocycles. The zero-order valence-corrected chi connectivity index (χ0v) is 13.4. The smallest absolute Gasteiger partial charge is 0.217 e. The molecular formula is C16H22N2OS. The second-order valence-corrected chi connectivity index (χ2v) is 6.96. The number of thiophene rings is 1. The molecular weight excluding hydrogens is 268 g/mol. The van der Waals surface area contributed by atoms with E-state index in [1.54, 1.807) is 13.3 Å². The Labute approximate surface area is 125 Å². The van der Waals surface area contributed by atoms with Gasteiger partial charge in [0.15, 0.2) is 0 Å². The Kier molecular flexibility index (Phi) is 4.78. The number of nitrogens with zero attached hydrogens (tertiary/aromatic N) is 1. The number of hydrogen-bond acceptors (Lipinski definition) is 4. The van der Waals surface area contributed by atoms with Crippen molar-refractivity contribution in [2.45, 2.75) is 39.3 Å². The highest BCUT2D eigenvalue weighted by atomic mass is 32.1. The molecule has 4 heteroatoms. The Hall–Kier alpha value is -1.39. The van der Waals surface area contributed by atoms with Crippen LogP contribution in [0.2, 0.25) is 0 Å². The largest absolute Gasteiger partial charge is 0.481 e. The quantitative estimate of drug-likeness (QED) is 0.911. The van der Waals surface area contributed by atoms with Crippen LogP contribution in [0, 0.1) is 0 Å². The molecule has 2 rings (SSSR count). The minimum absolute atomic E-state index is 0.232. The maximum atomic E-state index is 5.25. The predicted molar refractivity (Wildman–Crippen MR) is 84.4 cm³/mol.